The van der Waals surface area contributed by atoms with Crippen molar-refractivity contribution in [2.75, 3.05) is 11.9 Å². The molecule has 166 valence electrons. The van der Waals surface area contributed by atoms with Crippen LogP contribution < -0.4 is 10.1 Å². The molecule has 2 N–H and O–H groups in total. The van der Waals surface area contributed by atoms with E-state index in [9.17, 15) is 9.59 Å². The zero-order valence-corrected chi connectivity index (χ0v) is 19.1. The van der Waals surface area contributed by atoms with Crippen molar-refractivity contribution in [3.05, 3.63) is 70.4 Å². The summed E-state index contributed by atoms with van der Waals surface area (Å²) in [5.74, 6) is -0.0996. The number of unbranched alkanes of at least 4 members (excludes halogenated alkanes) is 1. The van der Waals surface area contributed by atoms with Crippen LogP contribution >= 0.6 is 15.9 Å². The maximum atomic E-state index is 13.2. The molecule has 0 aliphatic carbocycles. The third-order valence-corrected chi connectivity index (χ3v) is 6.00. The van der Waals surface area contributed by atoms with Gasteiger partial charge in [-0.3, -0.25) is 4.79 Å². The van der Waals surface area contributed by atoms with E-state index in [0.29, 0.717) is 39.2 Å². The van der Waals surface area contributed by atoms with Crippen molar-refractivity contribution in [3.63, 3.8) is 0 Å². The van der Waals surface area contributed by atoms with Crippen LogP contribution in [0.1, 0.15) is 35.9 Å². The van der Waals surface area contributed by atoms with Gasteiger partial charge >= 0.3 is 35.5 Å². The zero-order chi connectivity index (χ0) is 22.7. The first-order valence-corrected chi connectivity index (χ1v) is 11.2. The summed E-state index contributed by atoms with van der Waals surface area (Å²) in [6.45, 7) is 1.69. The number of ether oxygens (including phenoxy) is 1. The molecule has 0 atom stereocenters. The molecule has 0 fully saturated rings. The number of hydrogen-bond donors (Lipinski definition) is 2. The molecule has 6 nitrogen and oxygen atoms in total. The first-order chi connectivity index (χ1) is 15.5. The number of halogens is 1. The molecular weight excluding hydrogens is 497 g/mol. The molecule has 1 amide bonds. The minimum absolute atomic E-state index is 0. The predicted molar refractivity (Wildman–Crippen MR) is 135 cm³/mol. The van der Waals surface area contributed by atoms with Crippen LogP contribution in [0.2, 0.25) is 0 Å². The molecule has 4 aromatic rings. The number of carbonyl (C=O) groups excluding carboxylic acids is 1. The van der Waals surface area contributed by atoms with E-state index < -0.39 is 12.6 Å². The Hall–Kier alpha value is -2.32. The van der Waals surface area contributed by atoms with Crippen LogP contribution in [0, 0.1) is 0 Å². The van der Waals surface area contributed by atoms with Gasteiger partial charge in [-0.05, 0) is 57.4 Å². The van der Waals surface area contributed by atoms with Gasteiger partial charge in [0.25, 0.3) is 5.91 Å². The molecule has 0 saturated carbocycles. The number of anilines is 1. The number of fused-ring (bicyclic) bond motifs is 2. The summed E-state index contributed by atoms with van der Waals surface area (Å²) >= 11 is 3.48. The van der Waals surface area contributed by atoms with E-state index in [1.165, 1.54) is 0 Å². The molecule has 0 unspecified atom stereocenters. The fraction of sp³-hybridized carbons (Fsp3) is 0.200. The Morgan fingerprint density at radius 1 is 1.09 bits per heavy atom. The molecule has 3 aromatic carbocycles. The van der Waals surface area contributed by atoms with Crippen molar-refractivity contribution >= 4 is 84.8 Å². The summed E-state index contributed by atoms with van der Waals surface area (Å²) < 4.78 is 11.9. The number of nitrogens with one attached hydrogen (secondary N) is 1. The molecule has 1 heterocycles. The topological polar surface area (TPSA) is 88.8 Å². The predicted octanol–water partition coefficient (Wildman–Crippen LogP) is 5.76. The molecule has 33 heavy (non-hydrogen) atoms. The fourth-order valence-electron chi connectivity index (χ4n) is 3.65. The molecule has 0 aliphatic rings. The van der Waals surface area contributed by atoms with Gasteiger partial charge in [0.2, 0.25) is 0 Å². The Kier molecular flexibility index (Phi) is 8.59. The van der Waals surface area contributed by atoms with Crippen LogP contribution in [0.4, 0.5) is 5.69 Å². The van der Waals surface area contributed by atoms with Crippen molar-refractivity contribution in [2.45, 2.75) is 26.2 Å². The Morgan fingerprint density at radius 3 is 2.64 bits per heavy atom. The average Bonchev–Trinajstić information content (AvgIpc) is 3.15. The van der Waals surface area contributed by atoms with Crippen molar-refractivity contribution in [1.29, 1.82) is 0 Å². The van der Waals surface area contributed by atoms with Gasteiger partial charge < -0.3 is 19.6 Å². The minimum atomic E-state index is -1.04. The van der Waals surface area contributed by atoms with Gasteiger partial charge in [-0.1, -0.05) is 43.7 Å². The number of furan rings is 1. The molecular formula is C25H23BrNNaO5. The van der Waals surface area contributed by atoms with Gasteiger partial charge in [0.1, 0.15) is 17.1 Å². The molecule has 0 spiro atoms. The van der Waals surface area contributed by atoms with Gasteiger partial charge in [-0.25, -0.2) is 4.79 Å². The summed E-state index contributed by atoms with van der Waals surface area (Å²) in [4.78, 5) is 24.0. The molecule has 0 bridgehead atoms. The van der Waals surface area contributed by atoms with Crippen LogP contribution in [0.15, 0.2) is 63.5 Å². The number of hydrogen-bond acceptors (Lipinski definition) is 4. The van der Waals surface area contributed by atoms with Gasteiger partial charge in [-0.15, -0.1) is 0 Å². The summed E-state index contributed by atoms with van der Waals surface area (Å²) in [5.41, 5.74) is 1.94. The quantitative estimate of drug-likeness (QED) is 0.289. The van der Waals surface area contributed by atoms with E-state index in [-0.39, 0.29) is 35.5 Å². The van der Waals surface area contributed by atoms with Crippen molar-refractivity contribution in [3.8, 4) is 5.75 Å². The van der Waals surface area contributed by atoms with E-state index in [0.717, 1.165) is 29.0 Å². The van der Waals surface area contributed by atoms with Crippen molar-refractivity contribution < 1.29 is 23.8 Å². The Bertz CT molecular complexity index is 1320. The summed E-state index contributed by atoms with van der Waals surface area (Å²) in [5, 5.41) is 14.4. The van der Waals surface area contributed by atoms with E-state index >= 15 is 0 Å². The van der Waals surface area contributed by atoms with Crippen LogP contribution in [0.3, 0.4) is 0 Å². The summed E-state index contributed by atoms with van der Waals surface area (Å²) in [6, 6.07) is 16.6. The molecule has 0 saturated heterocycles. The van der Waals surface area contributed by atoms with Crippen LogP contribution in [0.5, 0.6) is 5.75 Å². The van der Waals surface area contributed by atoms with Gasteiger partial charge in [0.15, 0.2) is 6.61 Å². The standard InChI is InChI=1S/C25H22BrNO5.Na.H/c1-2-3-7-20-23(18-6-4-5-8-19(18)32-20)25(30)27-16-10-11-17-15(13-16)9-12-21(24(17)26)31-14-22(28)29;;/h4-6,8-13H,2-3,7,14H2,1H3,(H,27,30)(H,28,29);;. The number of benzene rings is 3. The molecule has 4 rings (SSSR count). The monoisotopic (exact) mass is 519 g/mol. The fourth-order valence-corrected chi connectivity index (χ4v) is 4.26. The van der Waals surface area contributed by atoms with Crippen molar-refractivity contribution in [2.24, 2.45) is 0 Å². The molecule has 0 radical (unpaired) electrons. The second kappa shape index (κ2) is 11.2. The number of carboxylic acids is 1. The van der Waals surface area contributed by atoms with Crippen molar-refractivity contribution in [1.82, 2.24) is 0 Å². The second-order valence-electron chi connectivity index (χ2n) is 7.45. The first-order valence-electron chi connectivity index (χ1n) is 10.4. The third-order valence-electron chi connectivity index (χ3n) is 5.18. The van der Waals surface area contributed by atoms with E-state index in [4.69, 9.17) is 14.3 Å². The number of amides is 1. The Morgan fingerprint density at radius 2 is 1.88 bits per heavy atom. The number of carboxylic acid groups (broad SMARTS) is 1. The number of aliphatic carboxylic acids is 1. The van der Waals surface area contributed by atoms with Crippen LogP contribution in [0.25, 0.3) is 21.7 Å². The van der Waals surface area contributed by atoms with E-state index in [1.54, 1.807) is 12.1 Å². The van der Waals surface area contributed by atoms with Gasteiger partial charge in [0, 0.05) is 17.5 Å². The summed E-state index contributed by atoms with van der Waals surface area (Å²) in [6.07, 6.45) is 2.66. The molecule has 0 aliphatic heterocycles. The second-order valence-corrected chi connectivity index (χ2v) is 8.24. The number of aryl methyl sites for hydroxylation is 1. The molecule has 1 aromatic heterocycles. The Labute approximate surface area is 221 Å². The normalized spacial score (nSPS) is 10.7. The molecule has 8 heteroatoms. The summed E-state index contributed by atoms with van der Waals surface area (Å²) in [7, 11) is 0. The first kappa shape index (κ1) is 25.3. The number of rotatable bonds is 8. The Balaban J connectivity index is 0.00000306. The van der Waals surface area contributed by atoms with Gasteiger partial charge in [-0.2, -0.15) is 0 Å². The van der Waals surface area contributed by atoms with Crippen LogP contribution in [-0.2, 0) is 11.2 Å². The number of para-hydroxylation sites is 1. The van der Waals surface area contributed by atoms with Gasteiger partial charge in [0.05, 0.1) is 10.0 Å². The van der Waals surface area contributed by atoms with E-state index in [2.05, 4.69) is 28.2 Å². The van der Waals surface area contributed by atoms with Crippen LogP contribution in [-0.4, -0.2) is 53.1 Å². The number of carbonyl (C=O) groups is 2. The van der Waals surface area contributed by atoms with E-state index in [1.807, 2.05) is 42.5 Å². The maximum absolute atomic E-state index is 13.2. The third kappa shape index (κ3) is 5.61. The zero-order valence-electron chi connectivity index (χ0n) is 17.5. The SMILES string of the molecule is CCCCc1oc2ccccc2c1C(=O)Nc1ccc2c(Br)c(OCC(=O)O)ccc2c1.[NaH]. The average molecular weight is 520 g/mol.